The summed E-state index contributed by atoms with van der Waals surface area (Å²) in [4.78, 5) is 10.8. The molecule has 1 fully saturated rings. The monoisotopic (exact) mass is 187 g/mol. The standard InChI is InChI=1S/C9H17NO3/c1-6(2)3-8(9(11)12)10-4-7-5-13-7/h6-8,10H,3-5H2,1-2H3,(H,11,12)/t7?,8-/m0/s1. The molecular formula is C9H17NO3. The van der Waals surface area contributed by atoms with Crippen LogP contribution in [-0.4, -0.2) is 36.4 Å². The van der Waals surface area contributed by atoms with Gasteiger partial charge in [-0.1, -0.05) is 13.8 Å². The Hall–Kier alpha value is -0.610. The summed E-state index contributed by atoms with van der Waals surface area (Å²) >= 11 is 0. The van der Waals surface area contributed by atoms with Crippen molar-refractivity contribution in [1.29, 1.82) is 0 Å². The Morgan fingerprint density at radius 3 is 2.69 bits per heavy atom. The molecule has 2 N–H and O–H groups in total. The maximum absolute atomic E-state index is 10.8. The molecule has 0 amide bonds. The number of epoxide rings is 1. The van der Waals surface area contributed by atoms with Gasteiger partial charge >= 0.3 is 5.97 Å². The van der Waals surface area contributed by atoms with Crippen molar-refractivity contribution in [3.8, 4) is 0 Å². The molecule has 0 aromatic carbocycles. The molecular weight excluding hydrogens is 170 g/mol. The van der Waals surface area contributed by atoms with Gasteiger partial charge in [-0.3, -0.25) is 4.79 Å². The Morgan fingerprint density at radius 2 is 2.31 bits per heavy atom. The molecule has 1 aliphatic rings. The van der Waals surface area contributed by atoms with Crippen LogP contribution < -0.4 is 5.32 Å². The highest BCUT2D eigenvalue weighted by atomic mass is 16.6. The minimum atomic E-state index is -0.769. The first kappa shape index (κ1) is 10.5. The van der Waals surface area contributed by atoms with E-state index in [4.69, 9.17) is 9.84 Å². The molecule has 1 aliphatic heterocycles. The maximum atomic E-state index is 10.8. The maximum Gasteiger partial charge on any atom is 0.320 e. The molecule has 2 atom stereocenters. The van der Waals surface area contributed by atoms with Gasteiger partial charge in [-0.2, -0.15) is 0 Å². The predicted molar refractivity (Wildman–Crippen MR) is 48.6 cm³/mol. The third-order valence-corrected chi connectivity index (χ3v) is 2.00. The fraction of sp³-hybridized carbons (Fsp3) is 0.889. The predicted octanol–water partition coefficient (Wildman–Crippen LogP) is 0.474. The van der Waals surface area contributed by atoms with Gasteiger partial charge in [0.25, 0.3) is 0 Å². The Bertz CT molecular complexity index is 178. The normalized spacial score (nSPS) is 23.2. The van der Waals surface area contributed by atoms with Crippen LogP contribution in [0.4, 0.5) is 0 Å². The highest BCUT2D eigenvalue weighted by Crippen LogP contribution is 2.09. The molecule has 0 aliphatic carbocycles. The molecule has 0 radical (unpaired) electrons. The molecule has 1 saturated heterocycles. The molecule has 76 valence electrons. The molecule has 4 heteroatoms. The molecule has 0 bridgehead atoms. The largest absolute Gasteiger partial charge is 0.480 e. The molecule has 0 aromatic rings. The van der Waals surface area contributed by atoms with Crippen molar-refractivity contribution in [3.05, 3.63) is 0 Å². The summed E-state index contributed by atoms with van der Waals surface area (Å²) in [7, 11) is 0. The van der Waals surface area contributed by atoms with Crippen LogP contribution in [0.5, 0.6) is 0 Å². The van der Waals surface area contributed by atoms with E-state index >= 15 is 0 Å². The van der Waals surface area contributed by atoms with Gasteiger partial charge in [0.15, 0.2) is 0 Å². The fourth-order valence-electron chi connectivity index (χ4n) is 1.20. The highest BCUT2D eigenvalue weighted by Gasteiger charge is 2.25. The number of carboxylic acid groups (broad SMARTS) is 1. The van der Waals surface area contributed by atoms with E-state index in [2.05, 4.69) is 5.32 Å². The van der Waals surface area contributed by atoms with Gasteiger partial charge < -0.3 is 15.2 Å². The number of ether oxygens (including phenoxy) is 1. The average molecular weight is 187 g/mol. The zero-order valence-corrected chi connectivity index (χ0v) is 8.12. The Morgan fingerprint density at radius 1 is 1.69 bits per heavy atom. The number of carboxylic acids is 1. The van der Waals surface area contributed by atoms with Crippen LogP contribution in [-0.2, 0) is 9.53 Å². The first-order valence-electron chi connectivity index (χ1n) is 4.67. The minimum Gasteiger partial charge on any atom is -0.480 e. The minimum absolute atomic E-state index is 0.244. The first-order valence-corrected chi connectivity index (χ1v) is 4.67. The zero-order chi connectivity index (χ0) is 9.84. The van der Waals surface area contributed by atoms with Crippen molar-refractivity contribution in [2.45, 2.75) is 32.4 Å². The second-order valence-corrected chi connectivity index (χ2v) is 3.88. The van der Waals surface area contributed by atoms with Gasteiger partial charge in [0.2, 0.25) is 0 Å². The van der Waals surface area contributed by atoms with E-state index in [1.807, 2.05) is 13.8 Å². The van der Waals surface area contributed by atoms with E-state index in [0.29, 0.717) is 18.9 Å². The summed E-state index contributed by atoms with van der Waals surface area (Å²) in [5.41, 5.74) is 0. The van der Waals surface area contributed by atoms with E-state index in [1.54, 1.807) is 0 Å². The van der Waals surface area contributed by atoms with E-state index in [-0.39, 0.29) is 6.10 Å². The molecule has 0 spiro atoms. The highest BCUT2D eigenvalue weighted by molar-refractivity contribution is 5.73. The smallest absolute Gasteiger partial charge is 0.320 e. The van der Waals surface area contributed by atoms with Crippen LogP contribution in [0, 0.1) is 5.92 Å². The van der Waals surface area contributed by atoms with Crippen LogP contribution in [0.3, 0.4) is 0 Å². The second kappa shape index (κ2) is 4.58. The molecule has 1 unspecified atom stereocenters. The molecule has 4 nitrogen and oxygen atoms in total. The lowest BCUT2D eigenvalue weighted by Gasteiger charge is -2.15. The van der Waals surface area contributed by atoms with Crippen molar-refractivity contribution < 1.29 is 14.6 Å². The van der Waals surface area contributed by atoms with Crippen molar-refractivity contribution in [3.63, 3.8) is 0 Å². The Kier molecular flexibility index (Phi) is 3.69. The van der Waals surface area contributed by atoms with Gasteiger partial charge in [0, 0.05) is 6.54 Å². The van der Waals surface area contributed by atoms with Crippen molar-refractivity contribution in [1.82, 2.24) is 5.32 Å². The van der Waals surface area contributed by atoms with Crippen molar-refractivity contribution in [2.75, 3.05) is 13.2 Å². The van der Waals surface area contributed by atoms with Crippen molar-refractivity contribution >= 4 is 5.97 Å². The Balaban J connectivity index is 2.23. The number of carbonyl (C=O) groups is 1. The first-order chi connectivity index (χ1) is 6.09. The average Bonchev–Trinajstić information content (AvgIpc) is 2.79. The van der Waals surface area contributed by atoms with Crippen LogP contribution >= 0.6 is 0 Å². The third-order valence-electron chi connectivity index (χ3n) is 2.00. The lowest BCUT2D eigenvalue weighted by Crippen LogP contribution is -2.39. The topological polar surface area (TPSA) is 61.9 Å². The van der Waals surface area contributed by atoms with Crippen LogP contribution in [0.25, 0.3) is 0 Å². The molecule has 1 heterocycles. The van der Waals surface area contributed by atoms with Gasteiger partial charge in [-0.15, -0.1) is 0 Å². The summed E-state index contributed by atoms with van der Waals surface area (Å²) in [5, 5.41) is 11.8. The number of rotatable bonds is 6. The lowest BCUT2D eigenvalue weighted by molar-refractivity contribution is -0.139. The molecule has 0 aromatic heterocycles. The third kappa shape index (κ3) is 4.24. The summed E-state index contributed by atoms with van der Waals surface area (Å²) in [6.07, 6.45) is 0.913. The van der Waals surface area contributed by atoms with E-state index in [1.165, 1.54) is 0 Å². The van der Waals surface area contributed by atoms with Crippen LogP contribution in [0.15, 0.2) is 0 Å². The van der Waals surface area contributed by atoms with Gasteiger partial charge in [0.1, 0.15) is 6.04 Å². The fourth-order valence-corrected chi connectivity index (χ4v) is 1.20. The van der Waals surface area contributed by atoms with E-state index < -0.39 is 12.0 Å². The summed E-state index contributed by atoms with van der Waals surface area (Å²) in [5.74, 6) is -0.372. The number of hydrogen-bond donors (Lipinski definition) is 2. The van der Waals surface area contributed by atoms with Crippen LogP contribution in [0.1, 0.15) is 20.3 Å². The number of hydrogen-bond acceptors (Lipinski definition) is 3. The van der Waals surface area contributed by atoms with Gasteiger partial charge in [-0.05, 0) is 12.3 Å². The summed E-state index contributed by atoms with van der Waals surface area (Å²) in [6, 6.07) is -0.427. The Labute approximate surface area is 78.3 Å². The second-order valence-electron chi connectivity index (χ2n) is 3.88. The zero-order valence-electron chi connectivity index (χ0n) is 8.12. The van der Waals surface area contributed by atoms with E-state index in [9.17, 15) is 4.79 Å². The lowest BCUT2D eigenvalue weighted by atomic mass is 10.0. The molecule has 0 saturated carbocycles. The SMILES string of the molecule is CC(C)C[C@H](NCC1CO1)C(=O)O. The summed E-state index contributed by atoms with van der Waals surface area (Å²) < 4.78 is 4.99. The number of nitrogens with one attached hydrogen (secondary N) is 1. The summed E-state index contributed by atoms with van der Waals surface area (Å²) in [6.45, 7) is 5.46. The number of aliphatic carboxylic acids is 1. The van der Waals surface area contributed by atoms with E-state index in [0.717, 1.165) is 6.61 Å². The van der Waals surface area contributed by atoms with Crippen LogP contribution in [0.2, 0.25) is 0 Å². The molecule has 13 heavy (non-hydrogen) atoms. The van der Waals surface area contributed by atoms with Crippen molar-refractivity contribution in [2.24, 2.45) is 5.92 Å². The van der Waals surface area contributed by atoms with Gasteiger partial charge in [-0.25, -0.2) is 0 Å². The quantitative estimate of drug-likeness (QED) is 0.593. The molecule has 1 rings (SSSR count). The van der Waals surface area contributed by atoms with Gasteiger partial charge in [0.05, 0.1) is 12.7 Å².